The molecule has 2 aromatic rings. The van der Waals surface area contributed by atoms with Crippen LogP contribution in [0.3, 0.4) is 0 Å². The Bertz CT molecular complexity index is 819. The van der Waals surface area contributed by atoms with Crippen molar-refractivity contribution in [1.82, 2.24) is 0 Å². The zero-order chi connectivity index (χ0) is 18.6. The van der Waals surface area contributed by atoms with Gasteiger partial charge < -0.3 is 9.47 Å². The van der Waals surface area contributed by atoms with Crippen LogP contribution >= 0.6 is 0 Å². The number of ether oxygens (including phenoxy) is 2. The van der Waals surface area contributed by atoms with Crippen LogP contribution in [0.5, 0.6) is 5.75 Å². The molecule has 0 fully saturated rings. The number of aryl methyl sites for hydroxylation is 1. The van der Waals surface area contributed by atoms with Gasteiger partial charge in [0.05, 0.1) is 6.61 Å². The molecule has 26 heavy (non-hydrogen) atoms. The van der Waals surface area contributed by atoms with Gasteiger partial charge in [-0.15, -0.1) is 0 Å². The molecule has 0 amide bonds. The lowest BCUT2D eigenvalue weighted by molar-refractivity contribution is -0.137. The number of esters is 1. The number of carbonyl (C=O) groups excluding carboxylic acids is 1. The van der Waals surface area contributed by atoms with Crippen molar-refractivity contribution in [2.75, 3.05) is 13.2 Å². The number of allylic oxidation sites excluding steroid dienone is 3. The molecule has 0 radical (unpaired) electrons. The van der Waals surface area contributed by atoms with Crippen LogP contribution in [-0.4, -0.2) is 19.2 Å². The average Bonchev–Trinajstić information content (AvgIpc) is 2.66. The van der Waals surface area contributed by atoms with E-state index >= 15 is 0 Å². The summed E-state index contributed by atoms with van der Waals surface area (Å²) in [7, 11) is 0. The second-order valence-corrected chi connectivity index (χ2v) is 5.46. The lowest BCUT2D eigenvalue weighted by Crippen LogP contribution is -1.98. The van der Waals surface area contributed by atoms with Crippen molar-refractivity contribution in [1.29, 1.82) is 0 Å². The van der Waals surface area contributed by atoms with Gasteiger partial charge in [0, 0.05) is 11.6 Å². The van der Waals surface area contributed by atoms with Crippen molar-refractivity contribution >= 4 is 11.5 Å². The topological polar surface area (TPSA) is 35.5 Å². The zero-order valence-electron chi connectivity index (χ0n) is 15.1. The van der Waals surface area contributed by atoms with Gasteiger partial charge in [-0.2, -0.15) is 0 Å². The molecular formula is C23H22O3. The first-order chi connectivity index (χ1) is 12.7. The second-order valence-electron chi connectivity index (χ2n) is 5.46. The fourth-order valence-electron chi connectivity index (χ4n) is 2.13. The standard InChI is InChI=1S/C23H22O3/c1-3-25-23(24)13-7-11-21(20-9-5-4-6-10-20)12-8-18-26-22-16-14-19(2)15-17-22/h4-7,9-11,13-17H,3,18H2,1-2H3/b13-7+,21-11+. The minimum atomic E-state index is -0.369. The summed E-state index contributed by atoms with van der Waals surface area (Å²) in [6.07, 6.45) is 4.83. The molecule has 0 aromatic heterocycles. The molecule has 0 spiro atoms. The molecule has 0 N–H and O–H groups in total. The van der Waals surface area contributed by atoms with Crippen molar-refractivity contribution in [3.63, 3.8) is 0 Å². The molecular weight excluding hydrogens is 324 g/mol. The molecule has 0 unspecified atom stereocenters. The molecule has 132 valence electrons. The summed E-state index contributed by atoms with van der Waals surface area (Å²) in [6.45, 7) is 4.45. The highest BCUT2D eigenvalue weighted by Crippen LogP contribution is 2.14. The van der Waals surface area contributed by atoms with Crippen LogP contribution < -0.4 is 4.74 Å². The van der Waals surface area contributed by atoms with Gasteiger partial charge in [0.2, 0.25) is 0 Å². The fourth-order valence-corrected chi connectivity index (χ4v) is 2.13. The molecule has 0 saturated carbocycles. The SMILES string of the molecule is CCOC(=O)/C=C/C=C(\C#CCOc1ccc(C)cc1)c1ccccc1. The third-order valence-electron chi connectivity index (χ3n) is 3.42. The molecule has 0 aliphatic carbocycles. The Morgan fingerprint density at radius 2 is 1.81 bits per heavy atom. The Labute approximate surface area is 155 Å². The molecule has 2 aromatic carbocycles. The Morgan fingerprint density at radius 3 is 2.50 bits per heavy atom. The van der Waals surface area contributed by atoms with E-state index in [1.807, 2.05) is 61.5 Å². The predicted molar refractivity (Wildman–Crippen MR) is 105 cm³/mol. The molecule has 0 saturated heterocycles. The summed E-state index contributed by atoms with van der Waals surface area (Å²) >= 11 is 0. The summed E-state index contributed by atoms with van der Waals surface area (Å²) in [5.41, 5.74) is 2.97. The van der Waals surface area contributed by atoms with Crippen LogP contribution in [0.4, 0.5) is 0 Å². The van der Waals surface area contributed by atoms with E-state index in [2.05, 4.69) is 11.8 Å². The van der Waals surface area contributed by atoms with Crippen LogP contribution in [0.25, 0.3) is 5.57 Å². The summed E-state index contributed by atoms with van der Waals surface area (Å²) in [4.78, 5) is 11.4. The fraction of sp³-hybridized carbons (Fsp3) is 0.174. The molecule has 3 heteroatoms. The summed E-state index contributed by atoms with van der Waals surface area (Å²) < 4.78 is 10.5. The van der Waals surface area contributed by atoms with Crippen LogP contribution in [0.1, 0.15) is 18.1 Å². The maximum atomic E-state index is 11.4. The Kier molecular flexibility index (Phi) is 7.76. The third-order valence-corrected chi connectivity index (χ3v) is 3.42. The summed E-state index contributed by atoms with van der Waals surface area (Å²) in [6, 6.07) is 17.6. The lowest BCUT2D eigenvalue weighted by Gasteiger charge is -2.02. The highest BCUT2D eigenvalue weighted by atomic mass is 16.5. The minimum absolute atomic E-state index is 0.287. The van der Waals surface area contributed by atoms with E-state index in [1.165, 1.54) is 11.6 Å². The van der Waals surface area contributed by atoms with Crippen LogP contribution in [0.2, 0.25) is 0 Å². The number of hydrogen-bond acceptors (Lipinski definition) is 3. The Morgan fingerprint density at radius 1 is 1.08 bits per heavy atom. The van der Waals surface area contributed by atoms with Gasteiger partial charge in [0.15, 0.2) is 0 Å². The monoisotopic (exact) mass is 346 g/mol. The van der Waals surface area contributed by atoms with Crippen molar-refractivity contribution in [3.05, 3.63) is 84.0 Å². The van der Waals surface area contributed by atoms with E-state index in [4.69, 9.17) is 9.47 Å². The van der Waals surface area contributed by atoms with E-state index in [-0.39, 0.29) is 12.6 Å². The van der Waals surface area contributed by atoms with E-state index in [0.29, 0.717) is 6.61 Å². The zero-order valence-corrected chi connectivity index (χ0v) is 15.1. The first-order valence-electron chi connectivity index (χ1n) is 8.48. The first kappa shape index (κ1) is 19.1. The van der Waals surface area contributed by atoms with Gasteiger partial charge in [0.25, 0.3) is 0 Å². The first-order valence-corrected chi connectivity index (χ1v) is 8.48. The number of benzene rings is 2. The molecule has 0 aliphatic heterocycles. The van der Waals surface area contributed by atoms with Crippen molar-refractivity contribution in [2.24, 2.45) is 0 Å². The van der Waals surface area contributed by atoms with E-state index in [1.54, 1.807) is 19.1 Å². The average molecular weight is 346 g/mol. The quantitative estimate of drug-likeness (QED) is 0.332. The van der Waals surface area contributed by atoms with Crippen molar-refractivity contribution in [2.45, 2.75) is 13.8 Å². The number of hydrogen-bond donors (Lipinski definition) is 0. The van der Waals surface area contributed by atoms with E-state index in [9.17, 15) is 4.79 Å². The number of carbonyl (C=O) groups is 1. The maximum Gasteiger partial charge on any atom is 0.330 e. The third kappa shape index (κ3) is 6.70. The van der Waals surface area contributed by atoms with Gasteiger partial charge in [-0.1, -0.05) is 65.9 Å². The highest BCUT2D eigenvalue weighted by molar-refractivity contribution is 5.84. The van der Waals surface area contributed by atoms with Crippen molar-refractivity contribution < 1.29 is 14.3 Å². The Hall–Kier alpha value is -3.25. The van der Waals surface area contributed by atoms with Gasteiger partial charge in [0.1, 0.15) is 12.4 Å². The molecule has 3 nitrogen and oxygen atoms in total. The highest BCUT2D eigenvalue weighted by Gasteiger charge is 1.97. The molecule has 0 heterocycles. The smallest absolute Gasteiger partial charge is 0.330 e. The molecule has 0 bridgehead atoms. The number of rotatable bonds is 6. The van der Waals surface area contributed by atoms with Crippen molar-refractivity contribution in [3.8, 4) is 17.6 Å². The van der Waals surface area contributed by atoms with Gasteiger partial charge >= 0.3 is 5.97 Å². The van der Waals surface area contributed by atoms with Gasteiger partial charge in [-0.3, -0.25) is 0 Å². The maximum absolute atomic E-state index is 11.4. The van der Waals surface area contributed by atoms with Crippen LogP contribution in [0.15, 0.2) is 72.8 Å². The van der Waals surface area contributed by atoms with Crippen LogP contribution in [-0.2, 0) is 9.53 Å². The molecule has 0 atom stereocenters. The minimum Gasteiger partial charge on any atom is -0.481 e. The van der Waals surface area contributed by atoms with Crippen LogP contribution in [0, 0.1) is 18.8 Å². The van der Waals surface area contributed by atoms with Gasteiger partial charge in [-0.25, -0.2) is 4.79 Å². The normalized spacial score (nSPS) is 10.9. The lowest BCUT2D eigenvalue weighted by atomic mass is 10.1. The molecule has 2 rings (SSSR count). The van der Waals surface area contributed by atoms with E-state index in [0.717, 1.165) is 16.9 Å². The second kappa shape index (κ2) is 10.6. The van der Waals surface area contributed by atoms with Gasteiger partial charge in [-0.05, 0) is 37.6 Å². The van der Waals surface area contributed by atoms with E-state index < -0.39 is 0 Å². The summed E-state index contributed by atoms with van der Waals surface area (Å²) in [5, 5.41) is 0. The Balaban J connectivity index is 2.07. The largest absolute Gasteiger partial charge is 0.481 e. The molecule has 0 aliphatic rings. The predicted octanol–water partition coefficient (Wildman–Crippen LogP) is 4.58. The summed E-state index contributed by atoms with van der Waals surface area (Å²) in [5.74, 6) is 6.55.